The predicted octanol–water partition coefficient (Wildman–Crippen LogP) is 0.691. The third kappa shape index (κ3) is 3.75. The van der Waals surface area contributed by atoms with Gasteiger partial charge in [-0.25, -0.2) is 13.5 Å². The second kappa shape index (κ2) is 6.62. The Labute approximate surface area is 129 Å². The Morgan fingerprint density at radius 3 is 2.77 bits per heavy atom. The second-order valence-corrected chi connectivity index (χ2v) is 7.66. The number of aromatic amines is 1. The molecule has 1 aromatic heterocycles. The Kier molecular flexibility index (Phi) is 5.02. The number of amides is 1. The maximum atomic E-state index is 12.3. The Balaban J connectivity index is 2.21. The monoisotopic (exact) mass is 328 g/mol. The largest absolute Gasteiger partial charge is 0.325 e. The van der Waals surface area contributed by atoms with Crippen molar-refractivity contribution in [3.63, 3.8) is 0 Å². The molecule has 2 heterocycles. The van der Waals surface area contributed by atoms with Crippen LogP contribution in [0.25, 0.3) is 0 Å². The number of hydrogen-bond acceptors (Lipinski definition) is 5. The van der Waals surface area contributed by atoms with Gasteiger partial charge in [-0.05, 0) is 24.5 Å². The van der Waals surface area contributed by atoms with Crippen LogP contribution in [0.5, 0.6) is 0 Å². The molecule has 0 aliphatic carbocycles. The van der Waals surface area contributed by atoms with Gasteiger partial charge in [0, 0.05) is 5.69 Å². The molecule has 0 bridgehead atoms. The molecule has 8 heteroatoms. The summed E-state index contributed by atoms with van der Waals surface area (Å²) in [6.45, 7) is 3.83. The lowest BCUT2D eigenvalue weighted by atomic mass is 10.0. The highest BCUT2D eigenvalue weighted by Crippen LogP contribution is 2.15. The molecule has 1 fully saturated rings. The number of nitrogens with one attached hydrogen (secondary N) is 1. The van der Waals surface area contributed by atoms with Crippen LogP contribution in [-0.2, 0) is 14.7 Å². The molecule has 122 valence electrons. The molecule has 0 aromatic carbocycles. The van der Waals surface area contributed by atoms with Crippen molar-refractivity contribution in [3.8, 4) is 0 Å². The maximum Gasteiger partial charge on any atom is 0.283 e. The summed E-state index contributed by atoms with van der Waals surface area (Å²) < 4.78 is 23.0. The van der Waals surface area contributed by atoms with E-state index >= 15 is 0 Å². The number of sulfone groups is 1. The fourth-order valence-electron chi connectivity index (χ4n) is 2.12. The molecular formula is C14H20N2O5S. The first kappa shape index (κ1) is 16.7. The van der Waals surface area contributed by atoms with Crippen molar-refractivity contribution in [2.45, 2.75) is 26.2 Å². The van der Waals surface area contributed by atoms with E-state index in [1.54, 1.807) is 6.07 Å². The van der Waals surface area contributed by atoms with Gasteiger partial charge in [0.25, 0.3) is 11.5 Å². The van der Waals surface area contributed by atoms with Crippen LogP contribution in [0.15, 0.2) is 16.9 Å². The molecule has 1 saturated heterocycles. The summed E-state index contributed by atoms with van der Waals surface area (Å²) >= 11 is 0. The highest BCUT2D eigenvalue weighted by molar-refractivity contribution is 7.91. The lowest BCUT2D eigenvalue weighted by Gasteiger charge is -2.18. The van der Waals surface area contributed by atoms with Crippen LogP contribution in [0, 0.1) is 0 Å². The highest BCUT2D eigenvalue weighted by Gasteiger charge is 2.26. The lowest BCUT2D eigenvalue weighted by Crippen LogP contribution is -2.36. The summed E-state index contributed by atoms with van der Waals surface area (Å²) in [5, 5.41) is 0.956. The highest BCUT2D eigenvalue weighted by atomic mass is 32.2. The van der Waals surface area contributed by atoms with Crippen molar-refractivity contribution in [1.29, 1.82) is 0 Å². The Morgan fingerprint density at radius 2 is 2.14 bits per heavy atom. The number of hydroxylamine groups is 2. The summed E-state index contributed by atoms with van der Waals surface area (Å²) in [7, 11) is -3.20. The molecule has 1 unspecified atom stereocenters. The second-order valence-electron chi connectivity index (χ2n) is 5.36. The van der Waals surface area contributed by atoms with Crippen molar-refractivity contribution in [2.24, 2.45) is 0 Å². The minimum atomic E-state index is -3.20. The summed E-state index contributed by atoms with van der Waals surface area (Å²) in [5.41, 5.74) is 0.230. The van der Waals surface area contributed by atoms with Gasteiger partial charge in [-0.15, -0.1) is 0 Å². The van der Waals surface area contributed by atoms with E-state index in [1.807, 2.05) is 13.8 Å². The molecule has 1 aromatic rings. The van der Waals surface area contributed by atoms with Gasteiger partial charge in [-0.1, -0.05) is 13.8 Å². The standard InChI is InChI=1S/C14H20N2O5S/c1-3-10(2)12-5-4-11(13(17)15-12)14(18)16-6-8-22(19,20)9-7-21-16/h4-5,10H,3,6-9H2,1-2H3,(H,15,17). The average molecular weight is 328 g/mol. The first-order valence-corrected chi connectivity index (χ1v) is 9.04. The van der Waals surface area contributed by atoms with E-state index in [0.29, 0.717) is 0 Å². The zero-order valence-corrected chi connectivity index (χ0v) is 13.5. The van der Waals surface area contributed by atoms with Gasteiger partial charge in [0.15, 0.2) is 9.84 Å². The fourth-order valence-corrected chi connectivity index (χ4v) is 3.10. The topological polar surface area (TPSA) is 96.5 Å². The number of pyridine rings is 1. The van der Waals surface area contributed by atoms with Crippen molar-refractivity contribution >= 4 is 15.7 Å². The van der Waals surface area contributed by atoms with Crippen LogP contribution in [0.1, 0.15) is 42.2 Å². The molecule has 1 atom stereocenters. The zero-order valence-electron chi connectivity index (χ0n) is 12.7. The summed E-state index contributed by atoms with van der Waals surface area (Å²) in [4.78, 5) is 32.3. The number of nitrogens with zero attached hydrogens (tertiary/aromatic N) is 1. The third-order valence-electron chi connectivity index (χ3n) is 3.78. The Morgan fingerprint density at radius 1 is 1.41 bits per heavy atom. The lowest BCUT2D eigenvalue weighted by molar-refractivity contribution is -0.111. The Hall–Kier alpha value is -1.67. The van der Waals surface area contributed by atoms with E-state index in [0.717, 1.165) is 17.2 Å². The van der Waals surface area contributed by atoms with Crippen LogP contribution < -0.4 is 5.56 Å². The first-order chi connectivity index (χ1) is 10.3. The molecule has 0 spiro atoms. The number of hydrogen-bond donors (Lipinski definition) is 1. The number of H-pyrrole nitrogens is 1. The zero-order chi connectivity index (χ0) is 16.3. The minimum Gasteiger partial charge on any atom is -0.325 e. The third-order valence-corrected chi connectivity index (χ3v) is 5.37. The molecule has 1 aliphatic heterocycles. The van der Waals surface area contributed by atoms with E-state index in [-0.39, 0.29) is 36.1 Å². The quantitative estimate of drug-likeness (QED) is 0.880. The van der Waals surface area contributed by atoms with Crippen molar-refractivity contribution in [3.05, 3.63) is 33.7 Å². The van der Waals surface area contributed by atoms with Crippen LogP contribution in [0.4, 0.5) is 0 Å². The molecule has 1 aliphatic rings. The van der Waals surface area contributed by atoms with Gasteiger partial charge >= 0.3 is 0 Å². The van der Waals surface area contributed by atoms with Gasteiger partial charge < -0.3 is 4.98 Å². The summed E-state index contributed by atoms with van der Waals surface area (Å²) in [6, 6.07) is 3.17. The van der Waals surface area contributed by atoms with Gasteiger partial charge in [0.05, 0.1) is 24.7 Å². The van der Waals surface area contributed by atoms with Gasteiger partial charge in [0.1, 0.15) is 5.56 Å². The van der Waals surface area contributed by atoms with Crippen molar-refractivity contribution < 1.29 is 18.0 Å². The van der Waals surface area contributed by atoms with E-state index in [4.69, 9.17) is 4.84 Å². The number of rotatable bonds is 3. The van der Waals surface area contributed by atoms with E-state index in [2.05, 4.69) is 4.98 Å². The van der Waals surface area contributed by atoms with Crippen molar-refractivity contribution in [1.82, 2.24) is 10.0 Å². The van der Waals surface area contributed by atoms with Gasteiger partial charge in [-0.2, -0.15) is 0 Å². The number of carbonyl (C=O) groups is 1. The molecule has 22 heavy (non-hydrogen) atoms. The van der Waals surface area contributed by atoms with E-state index in [1.165, 1.54) is 6.07 Å². The normalized spacial score (nSPS) is 19.5. The van der Waals surface area contributed by atoms with Gasteiger partial charge in [-0.3, -0.25) is 14.4 Å². The fraction of sp³-hybridized carbons (Fsp3) is 0.571. The van der Waals surface area contributed by atoms with Crippen LogP contribution in [0.3, 0.4) is 0 Å². The first-order valence-electron chi connectivity index (χ1n) is 7.22. The van der Waals surface area contributed by atoms with E-state index < -0.39 is 21.3 Å². The molecule has 1 amide bonds. The van der Waals surface area contributed by atoms with Crippen molar-refractivity contribution in [2.75, 3.05) is 24.7 Å². The van der Waals surface area contributed by atoms with Crippen LogP contribution in [-0.4, -0.2) is 49.0 Å². The van der Waals surface area contributed by atoms with Crippen LogP contribution >= 0.6 is 0 Å². The SMILES string of the molecule is CCC(C)c1ccc(C(=O)N2CCS(=O)(=O)CCO2)c(=O)[nH]1. The molecule has 0 radical (unpaired) electrons. The molecule has 2 rings (SSSR count). The summed E-state index contributed by atoms with van der Waals surface area (Å²) in [6.07, 6.45) is 0.871. The maximum absolute atomic E-state index is 12.3. The molecular weight excluding hydrogens is 308 g/mol. The van der Waals surface area contributed by atoms with Crippen LogP contribution in [0.2, 0.25) is 0 Å². The van der Waals surface area contributed by atoms with Gasteiger partial charge in [0.2, 0.25) is 0 Å². The smallest absolute Gasteiger partial charge is 0.283 e. The summed E-state index contributed by atoms with van der Waals surface area (Å²) in [5.74, 6) is -0.715. The molecule has 0 saturated carbocycles. The molecule has 7 nitrogen and oxygen atoms in total. The van der Waals surface area contributed by atoms with E-state index in [9.17, 15) is 18.0 Å². The minimum absolute atomic E-state index is 0.0497. The average Bonchev–Trinajstić information content (AvgIpc) is 2.66. The predicted molar refractivity (Wildman–Crippen MR) is 81.4 cm³/mol. The Bertz CT molecular complexity index is 710. The number of carbonyl (C=O) groups excluding carboxylic acids is 1. The molecule has 1 N–H and O–H groups in total. The number of aromatic nitrogens is 1.